The number of carboxylic acid groups (broad SMARTS) is 1. The van der Waals surface area contributed by atoms with E-state index >= 15 is 0 Å². The normalized spacial score (nSPS) is 11.6. The van der Waals surface area contributed by atoms with Gasteiger partial charge in [-0.1, -0.05) is 24.3 Å². The van der Waals surface area contributed by atoms with Gasteiger partial charge >= 0.3 is 29.6 Å². The molecule has 5 nitrogen and oxygen atoms in total. The number of ether oxygens (including phenoxy) is 2. The van der Waals surface area contributed by atoms with E-state index in [9.17, 15) is 9.90 Å². The fourth-order valence-electron chi connectivity index (χ4n) is 3.48. The van der Waals surface area contributed by atoms with Crippen molar-refractivity contribution in [3.8, 4) is 17.0 Å². The maximum Gasteiger partial charge on any atom is 1.00 e. The van der Waals surface area contributed by atoms with E-state index in [1.54, 1.807) is 18.7 Å². The first-order valence-corrected chi connectivity index (χ1v) is 11.6. The molecule has 1 unspecified atom stereocenters. The zero-order valence-electron chi connectivity index (χ0n) is 19.2. The zero-order valence-corrected chi connectivity index (χ0v) is 22.0. The third kappa shape index (κ3) is 7.15. The molecule has 0 saturated carbocycles. The van der Waals surface area contributed by atoms with E-state index in [0.29, 0.717) is 13.2 Å². The minimum Gasteiger partial charge on any atom is -0.547 e. The van der Waals surface area contributed by atoms with Crippen molar-refractivity contribution in [2.45, 2.75) is 37.8 Å². The number of hydrogen-bond donors (Lipinski definition) is 0. The number of aromatic nitrogens is 1. The number of carbonyl (C=O) groups is 1. The second-order valence-corrected chi connectivity index (χ2v) is 8.08. The first-order chi connectivity index (χ1) is 15.0. The Morgan fingerprint density at radius 2 is 1.75 bits per heavy atom. The number of carbonyl (C=O) groups excluding carboxylic acids is 1. The summed E-state index contributed by atoms with van der Waals surface area (Å²) in [5.74, 6) is -0.441. The number of rotatable bonds is 11. The number of carboxylic acids is 1. The topological polar surface area (TPSA) is 63.5 Å². The monoisotopic (exact) mass is 461 g/mol. The number of aliphatic carboxylic acids is 1. The van der Waals surface area contributed by atoms with Gasteiger partial charge in [-0.3, -0.25) is 0 Å². The summed E-state index contributed by atoms with van der Waals surface area (Å²) in [6.07, 6.45) is 1.42. The predicted molar refractivity (Wildman–Crippen MR) is 122 cm³/mol. The molecule has 0 fully saturated rings. The minimum atomic E-state index is -1.19. The first-order valence-electron chi connectivity index (χ1n) is 10.4. The van der Waals surface area contributed by atoms with Gasteiger partial charge in [-0.25, -0.2) is 0 Å². The van der Waals surface area contributed by atoms with Gasteiger partial charge < -0.3 is 23.9 Å². The molecule has 1 heterocycles. The van der Waals surface area contributed by atoms with E-state index in [-0.39, 0.29) is 36.0 Å². The summed E-state index contributed by atoms with van der Waals surface area (Å²) in [7, 11) is 0. The molecule has 0 aliphatic heterocycles. The van der Waals surface area contributed by atoms with Gasteiger partial charge in [-0.2, -0.15) is 0 Å². The van der Waals surface area contributed by atoms with E-state index in [1.165, 1.54) is 21.8 Å². The molecular formula is C25H28NNaO4S. The Hall–Kier alpha value is -1.70. The minimum absolute atomic E-state index is 0. The largest absolute Gasteiger partial charge is 1.00 e. The van der Waals surface area contributed by atoms with E-state index in [1.807, 2.05) is 24.3 Å². The Labute approximate surface area is 216 Å². The van der Waals surface area contributed by atoms with Crippen LogP contribution in [0.15, 0.2) is 65.6 Å². The molecule has 0 aliphatic rings. The summed E-state index contributed by atoms with van der Waals surface area (Å²) in [5, 5.41) is 11.1. The van der Waals surface area contributed by atoms with Crippen LogP contribution in [0, 0.1) is 6.92 Å². The molecule has 0 saturated heterocycles. The van der Waals surface area contributed by atoms with Gasteiger partial charge in [-0.05, 0) is 67.6 Å². The van der Waals surface area contributed by atoms with Crippen LogP contribution < -0.4 is 39.4 Å². The molecule has 1 atom stereocenters. The standard InChI is InChI=1S/C25H29NO4S.Na/c1-4-29-24(25(27)28)17-19-6-10-21(11-7-19)30-16-15-26-18(2)5-14-23(26)20-8-12-22(31-3)13-9-20;/h5-14,24H,4,15-17H2,1-3H3,(H,27,28);/q;+1/p-1. The molecule has 1 aromatic heterocycles. The summed E-state index contributed by atoms with van der Waals surface area (Å²) < 4.78 is 13.4. The Kier molecular flexibility index (Phi) is 10.9. The van der Waals surface area contributed by atoms with Gasteiger partial charge in [0.1, 0.15) is 18.5 Å². The van der Waals surface area contributed by atoms with Crippen LogP contribution in [-0.2, 0) is 22.5 Å². The van der Waals surface area contributed by atoms with Crippen LogP contribution >= 0.6 is 11.8 Å². The van der Waals surface area contributed by atoms with Crippen molar-refractivity contribution in [3.63, 3.8) is 0 Å². The van der Waals surface area contributed by atoms with Gasteiger partial charge in [0.05, 0.1) is 12.5 Å². The third-order valence-corrected chi connectivity index (χ3v) is 5.89. The van der Waals surface area contributed by atoms with Crippen molar-refractivity contribution >= 4 is 17.7 Å². The van der Waals surface area contributed by atoms with Gasteiger partial charge in [0.15, 0.2) is 0 Å². The summed E-state index contributed by atoms with van der Waals surface area (Å²) in [6.45, 7) is 5.47. The van der Waals surface area contributed by atoms with Gasteiger partial charge in [0.25, 0.3) is 0 Å². The van der Waals surface area contributed by atoms with Crippen LogP contribution in [0.4, 0.5) is 0 Å². The zero-order chi connectivity index (χ0) is 22.2. The van der Waals surface area contributed by atoms with Crippen LogP contribution in [0.3, 0.4) is 0 Å². The van der Waals surface area contributed by atoms with Crippen molar-refractivity contribution in [2.24, 2.45) is 0 Å². The molecule has 0 N–H and O–H groups in total. The number of aryl methyl sites for hydroxylation is 1. The molecule has 2 aromatic carbocycles. The maximum atomic E-state index is 11.1. The van der Waals surface area contributed by atoms with Crippen molar-refractivity contribution in [3.05, 3.63) is 71.9 Å². The van der Waals surface area contributed by atoms with Gasteiger partial charge in [0, 0.05) is 29.3 Å². The van der Waals surface area contributed by atoms with Crippen LogP contribution in [-0.4, -0.2) is 36.1 Å². The van der Waals surface area contributed by atoms with Gasteiger partial charge in [-0.15, -0.1) is 11.8 Å². The molecule has 0 bridgehead atoms. The number of nitrogens with zero attached hydrogens (tertiary/aromatic N) is 1. The summed E-state index contributed by atoms with van der Waals surface area (Å²) >= 11 is 1.74. The molecular weight excluding hydrogens is 433 g/mol. The molecule has 0 spiro atoms. The molecule has 32 heavy (non-hydrogen) atoms. The average Bonchev–Trinajstić information content (AvgIpc) is 3.15. The summed E-state index contributed by atoms with van der Waals surface area (Å²) in [5.41, 5.74) is 4.42. The fraction of sp³-hybridized carbons (Fsp3) is 0.320. The maximum absolute atomic E-state index is 11.1. The molecule has 164 valence electrons. The van der Waals surface area contributed by atoms with E-state index in [4.69, 9.17) is 9.47 Å². The molecule has 0 radical (unpaired) electrons. The molecule has 3 aromatic rings. The van der Waals surface area contributed by atoms with Gasteiger partial charge in [0.2, 0.25) is 0 Å². The van der Waals surface area contributed by atoms with Crippen LogP contribution in [0.25, 0.3) is 11.3 Å². The fourth-order valence-corrected chi connectivity index (χ4v) is 3.89. The van der Waals surface area contributed by atoms with E-state index < -0.39 is 12.1 Å². The smallest absolute Gasteiger partial charge is 0.547 e. The Balaban J connectivity index is 0.00000363. The molecule has 0 amide bonds. The summed E-state index contributed by atoms with van der Waals surface area (Å²) in [6, 6.07) is 20.3. The second-order valence-electron chi connectivity index (χ2n) is 7.20. The first kappa shape index (κ1) is 26.6. The second kappa shape index (κ2) is 13.1. The average molecular weight is 462 g/mol. The predicted octanol–water partition coefficient (Wildman–Crippen LogP) is 0.966. The SMILES string of the molecule is CCOC(Cc1ccc(OCCn2c(C)ccc2-c2ccc(SC)cc2)cc1)C(=O)[O-].[Na+]. The van der Waals surface area contributed by atoms with Crippen molar-refractivity contribution < 1.29 is 48.9 Å². The van der Waals surface area contributed by atoms with Crippen molar-refractivity contribution in [2.75, 3.05) is 19.5 Å². The molecule has 3 rings (SSSR count). The number of hydrogen-bond acceptors (Lipinski definition) is 5. The van der Waals surface area contributed by atoms with E-state index in [2.05, 4.69) is 54.1 Å². The number of benzene rings is 2. The molecule has 0 aliphatic carbocycles. The Morgan fingerprint density at radius 3 is 2.34 bits per heavy atom. The number of thioether (sulfide) groups is 1. The van der Waals surface area contributed by atoms with Crippen molar-refractivity contribution in [1.82, 2.24) is 4.57 Å². The van der Waals surface area contributed by atoms with Crippen LogP contribution in [0.5, 0.6) is 5.75 Å². The van der Waals surface area contributed by atoms with Crippen LogP contribution in [0.2, 0.25) is 0 Å². The summed E-state index contributed by atoms with van der Waals surface area (Å²) in [4.78, 5) is 12.4. The quantitative estimate of drug-likeness (QED) is 0.315. The van der Waals surface area contributed by atoms with E-state index in [0.717, 1.165) is 17.9 Å². The van der Waals surface area contributed by atoms with Crippen molar-refractivity contribution in [1.29, 1.82) is 0 Å². The van der Waals surface area contributed by atoms with Crippen LogP contribution in [0.1, 0.15) is 18.2 Å². The Bertz CT molecular complexity index is 986. The third-order valence-electron chi connectivity index (χ3n) is 5.14. The Morgan fingerprint density at radius 1 is 1.06 bits per heavy atom. The molecule has 7 heteroatoms.